The molecule has 1 fully saturated rings. The number of carbonyl (C=O) groups excluding carboxylic acids is 2. The van der Waals surface area contributed by atoms with Gasteiger partial charge >= 0.3 is 5.97 Å². The summed E-state index contributed by atoms with van der Waals surface area (Å²) in [4.78, 5) is 38.6. The Bertz CT molecular complexity index is 1380. The number of ether oxygens (including phenoxy) is 1. The number of thiazole rings is 1. The second kappa shape index (κ2) is 12.9. The van der Waals surface area contributed by atoms with Gasteiger partial charge in [-0.15, -0.1) is 0 Å². The van der Waals surface area contributed by atoms with Crippen LogP contribution in [0, 0.1) is 17.3 Å². The number of hydrogen-bond donors (Lipinski definition) is 1. The first-order valence-corrected chi connectivity index (χ1v) is 16.5. The van der Waals surface area contributed by atoms with Crippen molar-refractivity contribution >= 4 is 49.5 Å². The van der Waals surface area contributed by atoms with Crippen molar-refractivity contribution in [1.29, 1.82) is 0 Å². The Kier molecular flexibility index (Phi) is 9.46. The number of halogens is 1. The third-order valence-electron chi connectivity index (χ3n) is 8.69. The number of nitrogens with zero attached hydrogens (tertiary/aromatic N) is 3. The number of nitrogens with one attached hydrogen (secondary N) is 1. The fraction of sp³-hybridized carbons (Fsp3) is 0.562. The summed E-state index contributed by atoms with van der Waals surface area (Å²) in [7, 11) is 0. The second-order valence-corrected chi connectivity index (χ2v) is 14.4. The first-order chi connectivity index (χ1) is 19.6. The third kappa shape index (κ3) is 7.35. The first-order valence-electron chi connectivity index (χ1n) is 14.9. The lowest BCUT2D eigenvalue weighted by atomic mass is 9.71. The number of amides is 1. The molecule has 2 aromatic heterocycles. The van der Waals surface area contributed by atoms with Gasteiger partial charge in [0.2, 0.25) is 0 Å². The molecule has 0 spiro atoms. The Balaban J connectivity index is 1.27. The normalized spacial score (nSPS) is 19.1. The van der Waals surface area contributed by atoms with Crippen molar-refractivity contribution in [2.24, 2.45) is 17.3 Å². The molecule has 2 atom stereocenters. The Labute approximate surface area is 255 Å². The molecule has 0 bridgehead atoms. The molecule has 1 aromatic carbocycles. The van der Waals surface area contributed by atoms with Crippen LogP contribution in [-0.2, 0) is 22.4 Å². The molecule has 3 aromatic rings. The highest BCUT2D eigenvalue weighted by Crippen LogP contribution is 2.38. The smallest absolute Gasteiger partial charge is 0.309 e. The molecule has 1 N–H and O–H groups in total. The number of carbonyl (C=O) groups is 2. The van der Waals surface area contributed by atoms with Crippen molar-refractivity contribution in [3.05, 3.63) is 56.6 Å². The molecule has 1 aliphatic carbocycles. The van der Waals surface area contributed by atoms with Crippen LogP contribution in [0.1, 0.15) is 86.0 Å². The van der Waals surface area contributed by atoms with Gasteiger partial charge in [-0.1, -0.05) is 60.2 Å². The molecular weight excluding hydrogens is 600 g/mol. The van der Waals surface area contributed by atoms with Gasteiger partial charge in [-0.3, -0.25) is 9.59 Å². The highest BCUT2D eigenvalue weighted by Gasteiger charge is 2.30. The number of aromatic nitrogens is 2. The Morgan fingerprint density at radius 3 is 2.56 bits per heavy atom. The van der Waals surface area contributed by atoms with Gasteiger partial charge in [0.15, 0.2) is 5.01 Å². The van der Waals surface area contributed by atoms with Crippen LogP contribution in [0.25, 0.3) is 10.3 Å². The summed E-state index contributed by atoms with van der Waals surface area (Å²) >= 11 is 4.91. The predicted molar refractivity (Wildman–Crippen MR) is 167 cm³/mol. The van der Waals surface area contributed by atoms with Crippen molar-refractivity contribution in [3.63, 3.8) is 0 Å². The Morgan fingerprint density at radius 2 is 1.88 bits per heavy atom. The van der Waals surface area contributed by atoms with Crippen LogP contribution in [0.3, 0.4) is 0 Å². The molecule has 0 saturated carbocycles. The summed E-state index contributed by atoms with van der Waals surface area (Å²) in [6, 6.07) is 10.1. The lowest BCUT2D eigenvalue weighted by Crippen LogP contribution is -2.39. The van der Waals surface area contributed by atoms with Crippen LogP contribution < -0.4 is 5.32 Å². The maximum absolute atomic E-state index is 13.5. The van der Waals surface area contributed by atoms with Gasteiger partial charge in [0.1, 0.15) is 10.3 Å². The van der Waals surface area contributed by atoms with Crippen LogP contribution in [0.4, 0.5) is 0 Å². The zero-order valence-corrected chi connectivity index (χ0v) is 26.9. The van der Waals surface area contributed by atoms with E-state index in [2.05, 4.69) is 65.1 Å². The number of rotatable bonds is 8. The second-order valence-electron chi connectivity index (χ2n) is 12.5. The number of benzene rings is 1. The van der Waals surface area contributed by atoms with Crippen molar-refractivity contribution in [1.82, 2.24) is 20.2 Å². The van der Waals surface area contributed by atoms with Crippen molar-refractivity contribution < 1.29 is 14.3 Å². The van der Waals surface area contributed by atoms with Crippen LogP contribution in [0.2, 0.25) is 0 Å². The van der Waals surface area contributed by atoms with E-state index in [-0.39, 0.29) is 29.3 Å². The molecule has 9 heteroatoms. The van der Waals surface area contributed by atoms with Crippen molar-refractivity contribution in [3.8, 4) is 0 Å². The number of fused-ring (bicyclic) bond motifs is 2. The molecule has 0 unspecified atom stereocenters. The summed E-state index contributed by atoms with van der Waals surface area (Å²) < 4.78 is 6.22. The van der Waals surface area contributed by atoms with E-state index in [1.54, 1.807) is 0 Å². The zero-order chi connectivity index (χ0) is 29.1. The molecule has 1 saturated heterocycles. The summed E-state index contributed by atoms with van der Waals surface area (Å²) in [5, 5.41) is 3.73. The molecule has 5 rings (SSSR count). The monoisotopic (exact) mass is 640 g/mol. The number of piperidine rings is 1. The molecule has 41 heavy (non-hydrogen) atoms. The summed E-state index contributed by atoms with van der Waals surface area (Å²) in [5.41, 5.74) is 4.58. The number of likely N-dealkylation sites (tertiary alicyclic amines) is 1. The highest BCUT2D eigenvalue weighted by molar-refractivity contribution is 9.10. The molecular formula is C32H41BrN4O3S. The summed E-state index contributed by atoms with van der Waals surface area (Å²) in [6.07, 6.45) is 5.54. The van der Waals surface area contributed by atoms with Crippen LogP contribution in [0.15, 0.2) is 34.8 Å². The van der Waals surface area contributed by atoms with E-state index in [4.69, 9.17) is 14.7 Å². The molecule has 0 radical (unpaired) electrons. The molecule has 7 nitrogen and oxygen atoms in total. The van der Waals surface area contributed by atoms with Gasteiger partial charge in [-0.2, -0.15) is 0 Å². The molecule has 1 aliphatic heterocycles. The predicted octanol–water partition coefficient (Wildman–Crippen LogP) is 6.74. The average Bonchev–Trinajstić information content (AvgIpc) is 3.37. The minimum Gasteiger partial charge on any atom is -0.466 e. The third-order valence-corrected chi connectivity index (χ3v) is 10.2. The fourth-order valence-electron chi connectivity index (χ4n) is 6.05. The van der Waals surface area contributed by atoms with Gasteiger partial charge < -0.3 is 15.0 Å². The SMILES string of the molecule is CCOC(=O)C1CCN(CC[C@@H](NC(=O)c2nc3cc4c(nc3s2)CC[C@H](C(C)(C)C)C4)c2ccc(Br)cc2)CC1. The molecule has 2 aliphatic rings. The standard InChI is InChI=1S/C32H41BrN4O3S/c1-5-40-31(39)21-12-15-37(16-13-21)17-14-26(20-6-9-24(33)10-7-20)34-28(38)30-36-27-19-22-18-23(32(2,3)4)8-11-25(22)35-29(27)41-30/h6-7,9-10,19,21,23,26H,5,8,11-18H2,1-4H3,(H,34,38)/t23-,26+/m0/s1. The number of esters is 1. The largest absolute Gasteiger partial charge is 0.466 e. The van der Waals surface area contributed by atoms with Crippen LogP contribution in [0.5, 0.6) is 0 Å². The minimum absolute atomic E-state index is 0.00849. The van der Waals surface area contributed by atoms with Gasteiger partial charge in [-0.25, -0.2) is 9.97 Å². The van der Waals surface area contributed by atoms with E-state index in [0.29, 0.717) is 17.5 Å². The van der Waals surface area contributed by atoms with Gasteiger partial charge in [0, 0.05) is 16.7 Å². The summed E-state index contributed by atoms with van der Waals surface area (Å²) in [5.74, 6) is 0.379. The van der Waals surface area contributed by atoms with E-state index in [9.17, 15) is 9.59 Å². The summed E-state index contributed by atoms with van der Waals surface area (Å²) in [6.45, 7) is 11.8. The average molecular weight is 642 g/mol. The van der Waals surface area contributed by atoms with Gasteiger partial charge in [0.25, 0.3) is 5.91 Å². The van der Waals surface area contributed by atoms with E-state index in [1.165, 1.54) is 16.9 Å². The van der Waals surface area contributed by atoms with E-state index in [1.807, 2.05) is 19.1 Å². The lowest BCUT2D eigenvalue weighted by Gasteiger charge is -2.34. The molecule has 3 heterocycles. The van der Waals surface area contributed by atoms with E-state index < -0.39 is 0 Å². The van der Waals surface area contributed by atoms with E-state index >= 15 is 0 Å². The Hall–Kier alpha value is -2.36. The maximum atomic E-state index is 13.5. The molecule has 220 valence electrons. The fourth-order valence-corrected chi connectivity index (χ4v) is 7.16. The van der Waals surface area contributed by atoms with Gasteiger partial charge in [-0.05, 0) is 99.2 Å². The minimum atomic E-state index is -0.160. The zero-order valence-electron chi connectivity index (χ0n) is 24.5. The van der Waals surface area contributed by atoms with Crippen molar-refractivity contribution in [2.75, 3.05) is 26.2 Å². The highest BCUT2D eigenvalue weighted by atomic mass is 79.9. The van der Waals surface area contributed by atoms with Crippen LogP contribution >= 0.6 is 27.3 Å². The first kappa shape index (κ1) is 30.1. The van der Waals surface area contributed by atoms with Gasteiger partial charge in [0.05, 0.1) is 18.6 Å². The number of pyridine rings is 1. The molecule has 1 amide bonds. The lowest BCUT2D eigenvalue weighted by molar-refractivity contribution is -0.149. The topological polar surface area (TPSA) is 84.4 Å². The Morgan fingerprint density at radius 1 is 1.15 bits per heavy atom. The quantitative estimate of drug-likeness (QED) is 0.275. The van der Waals surface area contributed by atoms with E-state index in [0.717, 1.165) is 84.2 Å². The van der Waals surface area contributed by atoms with Crippen LogP contribution in [-0.4, -0.2) is 53.0 Å². The number of hydrogen-bond acceptors (Lipinski definition) is 7. The van der Waals surface area contributed by atoms with Crippen molar-refractivity contribution in [2.45, 2.75) is 72.3 Å². The number of aryl methyl sites for hydroxylation is 1. The maximum Gasteiger partial charge on any atom is 0.309 e.